The van der Waals surface area contributed by atoms with Gasteiger partial charge in [0.15, 0.2) is 0 Å². The topological polar surface area (TPSA) is 21.3 Å². The summed E-state index contributed by atoms with van der Waals surface area (Å²) in [5, 5.41) is 3.68. The number of ether oxygens (including phenoxy) is 1. The van der Waals surface area contributed by atoms with E-state index in [1.54, 1.807) is 7.11 Å². The molecule has 1 aliphatic rings. The van der Waals surface area contributed by atoms with Gasteiger partial charge in [-0.3, -0.25) is 0 Å². The van der Waals surface area contributed by atoms with Crippen molar-refractivity contribution in [3.05, 3.63) is 28.2 Å². The van der Waals surface area contributed by atoms with Crippen molar-refractivity contribution >= 4 is 15.9 Å². The molecule has 0 heterocycles. The molecule has 1 saturated carbocycles. The molecule has 2 nitrogen and oxygen atoms in total. The molecule has 1 aliphatic carbocycles. The Bertz CT molecular complexity index is 435. The molecule has 0 aromatic heterocycles. The highest BCUT2D eigenvalue weighted by molar-refractivity contribution is 9.10. The smallest absolute Gasteiger partial charge is 0.133 e. The summed E-state index contributed by atoms with van der Waals surface area (Å²) in [6, 6.07) is 7.15. The van der Waals surface area contributed by atoms with Crippen molar-refractivity contribution in [2.75, 3.05) is 13.7 Å². The zero-order valence-electron chi connectivity index (χ0n) is 12.8. The molecule has 0 aliphatic heterocycles. The Morgan fingerprint density at radius 1 is 1.35 bits per heavy atom. The van der Waals surface area contributed by atoms with Gasteiger partial charge in [0.05, 0.1) is 11.6 Å². The monoisotopic (exact) mass is 339 g/mol. The van der Waals surface area contributed by atoms with Gasteiger partial charge in [-0.05, 0) is 77.7 Å². The zero-order valence-corrected chi connectivity index (χ0v) is 14.4. The number of rotatable bonds is 5. The minimum atomic E-state index is 0.678. The largest absolute Gasteiger partial charge is 0.496 e. The molecule has 112 valence electrons. The van der Waals surface area contributed by atoms with E-state index < -0.39 is 0 Å². The van der Waals surface area contributed by atoms with Crippen LogP contribution >= 0.6 is 15.9 Å². The van der Waals surface area contributed by atoms with E-state index in [9.17, 15) is 0 Å². The fourth-order valence-electron chi connectivity index (χ4n) is 3.39. The Morgan fingerprint density at radius 2 is 2.15 bits per heavy atom. The molecular weight excluding hydrogens is 314 g/mol. The van der Waals surface area contributed by atoms with E-state index in [4.69, 9.17) is 4.74 Å². The molecule has 0 radical (unpaired) electrons. The zero-order chi connectivity index (χ0) is 14.5. The van der Waals surface area contributed by atoms with Gasteiger partial charge in [-0.15, -0.1) is 0 Å². The van der Waals surface area contributed by atoms with Gasteiger partial charge in [0, 0.05) is 6.04 Å². The van der Waals surface area contributed by atoms with Gasteiger partial charge in [-0.1, -0.05) is 19.9 Å². The van der Waals surface area contributed by atoms with Crippen LogP contribution in [0.25, 0.3) is 0 Å². The van der Waals surface area contributed by atoms with E-state index in [1.165, 1.54) is 24.8 Å². The van der Waals surface area contributed by atoms with E-state index in [-0.39, 0.29) is 0 Å². The van der Waals surface area contributed by atoms with Crippen LogP contribution < -0.4 is 10.1 Å². The first-order chi connectivity index (χ1) is 9.63. The van der Waals surface area contributed by atoms with Crippen LogP contribution in [0.1, 0.15) is 38.7 Å². The number of hydrogen-bond acceptors (Lipinski definition) is 2. The quantitative estimate of drug-likeness (QED) is 0.857. The first-order valence-electron chi connectivity index (χ1n) is 7.69. The van der Waals surface area contributed by atoms with Crippen molar-refractivity contribution in [1.29, 1.82) is 0 Å². The van der Waals surface area contributed by atoms with E-state index in [1.807, 2.05) is 0 Å². The first kappa shape index (κ1) is 15.8. The average Bonchev–Trinajstić information content (AvgIpc) is 2.42. The second kappa shape index (κ2) is 7.46. The van der Waals surface area contributed by atoms with Gasteiger partial charge in [0.2, 0.25) is 0 Å². The third kappa shape index (κ3) is 3.98. The predicted molar refractivity (Wildman–Crippen MR) is 88.4 cm³/mol. The maximum Gasteiger partial charge on any atom is 0.133 e. The lowest BCUT2D eigenvalue weighted by atomic mass is 9.76. The minimum Gasteiger partial charge on any atom is -0.496 e. The van der Waals surface area contributed by atoms with E-state index >= 15 is 0 Å². The van der Waals surface area contributed by atoms with Crippen LogP contribution in [0.5, 0.6) is 5.75 Å². The summed E-state index contributed by atoms with van der Waals surface area (Å²) in [4.78, 5) is 0. The molecule has 3 heteroatoms. The van der Waals surface area contributed by atoms with Crippen molar-refractivity contribution in [2.24, 2.45) is 11.8 Å². The Morgan fingerprint density at radius 3 is 2.80 bits per heavy atom. The fraction of sp³-hybridized carbons (Fsp3) is 0.647. The van der Waals surface area contributed by atoms with Crippen molar-refractivity contribution < 1.29 is 4.74 Å². The number of halogens is 1. The number of benzene rings is 1. The summed E-state index contributed by atoms with van der Waals surface area (Å²) >= 11 is 3.59. The summed E-state index contributed by atoms with van der Waals surface area (Å²) in [5.74, 6) is 2.52. The van der Waals surface area contributed by atoms with Crippen LogP contribution in [-0.2, 0) is 6.42 Å². The van der Waals surface area contributed by atoms with Gasteiger partial charge in [0.25, 0.3) is 0 Å². The normalized spacial score (nSPS) is 26.5. The molecule has 20 heavy (non-hydrogen) atoms. The lowest BCUT2D eigenvalue weighted by Crippen LogP contribution is -2.41. The number of methoxy groups -OCH3 is 1. The summed E-state index contributed by atoms with van der Waals surface area (Å²) in [5.41, 5.74) is 1.40. The van der Waals surface area contributed by atoms with Gasteiger partial charge < -0.3 is 10.1 Å². The van der Waals surface area contributed by atoms with Crippen molar-refractivity contribution in [1.82, 2.24) is 5.32 Å². The van der Waals surface area contributed by atoms with Gasteiger partial charge in [-0.25, -0.2) is 0 Å². The fourth-order valence-corrected chi connectivity index (χ4v) is 3.98. The Hall–Kier alpha value is -0.540. The highest BCUT2D eigenvalue weighted by atomic mass is 79.9. The number of hydrogen-bond donors (Lipinski definition) is 1. The van der Waals surface area contributed by atoms with E-state index in [2.05, 4.69) is 53.3 Å². The lowest BCUT2D eigenvalue weighted by Gasteiger charge is -2.35. The molecule has 2 rings (SSSR count). The van der Waals surface area contributed by atoms with Crippen LogP contribution in [-0.4, -0.2) is 19.7 Å². The van der Waals surface area contributed by atoms with Crippen LogP contribution in [0.15, 0.2) is 22.7 Å². The maximum absolute atomic E-state index is 5.31. The summed E-state index contributed by atoms with van der Waals surface area (Å²) < 4.78 is 6.36. The summed E-state index contributed by atoms with van der Waals surface area (Å²) in [6.07, 6.45) is 5.17. The molecule has 3 atom stereocenters. The van der Waals surface area contributed by atoms with Gasteiger partial charge in [-0.2, -0.15) is 0 Å². The second-order valence-electron chi connectivity index (χ2n) is 6.02. The third-order valence-corrected chi connectivity index (χ3v) is 5.04. The highest BCUT2D eigenvalue weighted by Crippen LogP contribution is 2.33. The molecule has 0 amide bonds. The Kier molecular flexibility index (Phi) is 5.91. The second-order valence-corrected chi connectivity index (χ2v) is 6.87. The average molecular weight is 340 g/mol. The molecule has 1 aromatic rings. The van der Waals surface area contributed by atoms with E-state index in [0.29, 0.717) is 6.04 Å². The van der Waals surface area contributed by atoms with Gasteiger partial charge >= 0.3 is 0 Å². The van der Waals surface area contributed by atoms with Crippen LogP contribution in [0.2, 0.25) is 0 Å². The van der Waals surface area contributed by atoms with Crippen molar-refractivity contribution in [2.45, 2.75) is 45.6 Å². The molecule has 0 saturated heterocycles. The van der Waals surface area contributed by atoms with Crippen LogP contribution in [0, 0.1) is 11.8 Å². The molecule has 0 bridgehead atoms. The molecular formula is C17H26BrNO. The van der Waals surface area contributed by atoms with Crippen molar-refractivity contribution in [3.8, 4) is 5.75 Å². The summed E-state index contributed by atoms with van der Waals surface area (Å²) in [6.45, 7) is 5.67. The third-order valence-electron chi connectivity index (χ3n) is 4.43. The predicted octanol–water partition coefficient (Wildman–Crippen LogP) is 4.41. The molecule has 1 N–H and O–H groups in total. The first-order valence-corrected chi connectivity index (χ1v) is 8.49. The van der Waals surface area contributed by atoms with Crippen molar-refractivity contribution in [3.63, 3.8) is 0 Å². The van der Waals surface area contributed by atoms with Crippen LogP contribution in [0.4, 0.5) is 0 Å². The molecule has 0 spiro atoms. The molecule has 1 aromatic carbocycles. The SMILES string of the molecule is CCNC1CCC(C)CC1Cc1ccc(OC)c(Br)c1. The minimum absolute atomic E-state index is 0.678. The number of nitrogens with one attached hydrogen (secondary N) is 1. The van der Waals surface area contributed by atoms with E-state index in [0.717, 1.165) is 35.0 Å². The Balaban J connectivity index is 2.07. The standard InChI is InChI=1S/C17H26BrNO/c1-4-19-16-7-5-12(2)9-14(16)10-13-6-8-17(20-3)15(18)11-13/h6,8,11-12,14,16,19H,4-5,7,9-10H2,1-3H3. The summed E-state index contributed by atoms with van der Waals surface area (Å²) in [7, 11) is 1.71. The molecule has 1 fully saturated rings. The van der Waals surface area contributed by atoms with Gasteiger partial charge in [0.1, 0.15) is 5.75 Å². The molecule has 3 unspecified atom stereocenters. The maximum atomic E-state index is 5.31. The van der Waals surface area contributed by atoms with Crippen LogP contribution in [0.3, 0.4) is 0 Å². The highest BCUT2D eigenvalue weighted by Gasteiger charge is 2.28. The Labute approximate surface area is 131 Å². The lowest BCUT2D eigenvalue weighted by molar-refractivity contribution is 0.214.